The summed E-state index contributed by atoms with van der Waals surface area (Å²) in [5.41, 5.74) is 6.58. The van der Waals surface area contributed by atoms with Crippen LogP contribution in [0.25, 0.3) is 0 Å². The Labute approximate surface area is 221 Å². The molecule has 1 unspecified atom stereocenters. The summed E-state index contributed by atoms with van der Waals surface area (Å²) in [4.78, 5) is 21.9. The molecule has 2 amide bonds. The maximum absolute atomic E-state index is 13.1. The Morgan fingerprint density at radius 1 is 0.973 bits per heavy atom. The van der Waals surface area contributed by atoms with Gasteiger partial charge in [-0.05, 0) is 78.3 Å². The van der Waals surface area contributed by atoms with Crippen LogP contribution < -0.4 is 21.3 Å². The molecular weight excluding hydrogens is 484 g/mol. The summed E-state index contributed by atoms with van der Waals surface area (Å²) >= 11 is 6.38. The molecule has 0 saturated carbocycles. The van der Waals surface area contributed by atoms with Crippen LogP contribution in [0.15, 0.2) is 72.9 Å². The first-order valence-corrected chi connectivity index (χ1v) is 12.8. The molecule has 6 bridgehead atoms. The summed E-state index contributed by atoms with van der Waals surface area (Å²) in [6, 6.07) is 21.7. The van der Waals surface area contributed by atoms with E-state index in [4.69, 9.17) is 11.6 Å². The molecule has 0 radical (unpaired) electrons. The minimum absolute atomic E-state index is 0.273. The fourth-order valence-corrected chi connectivity index (χ4v) is 4.54. The van der Waals surface area contributed by atoms with Crippen molar-refractivity contribution in [3.8, 4) is 0 Å². The molecule has 7 nitrogen and oxygen atoms in total. The third kappa shape index (κ3) is 5.84. The summed E-state index contributed by atoms with van der Waals surface area (Å²) in [5, 5.41) is 13.1. The van der Waals surface area contributed by atoms with Gasteiger partial charge in [0.15, 0.2) is 5.82 Å². The van der Waals surface area contributed by atoms with Crippen LogP contribution in [0.5, 0.6) is 0 Å². The topological polar surface area (TPSA) is 91.0 Å². The molecule has 1 aliphatic heterocycles. The van der Waals surface area contributed by atoms with Gasteiger partial charge in [0.2, 0.25) is 5.95 Å². The first kappa shape index (κ1) is 24.6. The van der Waals surface area contributed by atoms with Crippen LogP contribution in [0, 0.1) is 0 Å². The number of anilines is 6. The van der Waals surface area contributed by atoms with E-state index in [9.17, 15) is 4.79 Å². The number of rotatable bonds is 4. The SMILES string of the molecule is CCC(C)c1ccccc1NC(=O)Nc1ccc2cc1CCc1cccc(c1)Nc1ncc(Cl)c(n1)N2. The lowest BCUT2D eigenvalue weighted by Gasteiger charge is -2.18. The Balaban J connectivity index is 1.44. The molecule has 0 saturated heterocycles. The average molecular weight is 513 g/mol. The van der Waals surface area contributed by atoms with Crippen LogP contribution in [-0.4, -0.2) is 16.0 Å². The molecule has 0 aliphatic carbocycles. The number of para-hydroxylation sites is 1. The predicted octanol–water partition coefficient (Wildman–Crippen LogP) is 7.87. The lowest BCUT2D eigenvalue weighted by Crippen LogP contribution is -2.21. The second-order valence-electron chi connectivity index (χ2n) is 9.19. The largest absolute Gasteiger partial charge is 0.339 e. The predicted molar refractivity (Wildman–Crippen MR) is 152 cm³/mol. The Bertz CT molecular complexity index is 1440. The molecule has 4 N–H and O–H groups in total. The molecule has 8 heteroatoms. The summed E-state index contributed by atoms with van der Waals surface area (Å²) in [7, 11) is 0. The fourth-order valence-electron chi connectivity index (χ4n) is 4.40. The van der Waals surface area contributed by atoms with E-state index in [0.29, 0.717) is 22.7 Å². The zero-order valence-corrected chi connectivity index (χ0v) is 21.6. The maximum atomic E-state index is 13.1. The molecule has 188 valence electrons. The van der Waals surface area contributed by atoms with Gasteiger partial charge in [0.25, 0.3) is 0 Å². The van der Waals surface area contributed by atoms with Crippen molar-refractivity contribution in [1.82, 2.24) is 9.97 Å². The molecular formula is C29H29ClN6O. The summed E-state index contributed by atoms with van der Waals surface area (Å²) in [6.07, 6.45) is 4.09. The number of benzene rings is 3. The number of carbonyl (C=O) groups is 1. The number of nitrogens with one attached hydrogen (secondary N) is 4. The highest BCUT2D eigenvalue weighted by Crippen LogP contribution is 2.30. The Morgan fingerprint density at radius 2 is 1.78 bits per heavy atom. The van der Waals surface area contributed by atoms with E-state index in [0.717, 1.165) is 58.7 Å². The van der Waals surface area contributed by atoms with E-state index in [1.807, 2.05) is 48.5 Å². The van der Waals surface area contributed by atoms with Crippen molar-refractivity contribution >= 4 is 52.1 Å². The lowest BCUT2D eigenvalue weighted by molar-refractivity contribution is 0.262. The normalized spacial score (nSPS) is 13.1. The van der Waals surface area contributed by atoms with E-state index in [2.05, 4.69) is 63.3 Å². The first-order chi connectivity index (χ1) is 18.0. The van der Waals surface area contributed by atoms with Crippen LogP contribution in [-0.2, 0) is 12.8 Å². The van der Waals surface area contributed by atoms with Crippen molar-refractivity contribution in [1.29, 1.82) is 0 Å². The summed E-state index contributed by atoms with van der Waals surface area (Å²) < 4.78 is 0. The highest BCUT2D eigenvalue weighted by molar-refractivity contribution is 6.32. The summed E-state index contributed by atoms with van der Waals surface area (Å²) in [6.45, 7) is 4.31. The second-order valence-corrected chi connectivity index (χ2v) is 9.60. The van der Waals surface area contributed by atoms with E-state index in [1.54, 1.807) is 6.20 Å². The third-order valence-electron chi connectivity index (χ3n) is 6.58. The number of nitrogens with zero attached hydrogens (tertiary/aromatic N) is 2. The highest BCUT2D eigenvalue weighted by atomic mass is 35.5. The number of urea groups is 1. The highest BCUT2D eigenvalue weighted by Gasteiger charge is 2.15. The second kappa shape index (κ2) is 10.9. The van der Waals surface area contributed by atoms with Gasteiger partial charge in [-0.1, -0.05) is 55.8 Å². The number of aromatic nitrogens is 2. The van der Waals surface area contributed by atoms with Crippen molar-refractivity contribution in [3.05, 3.63) is 94.6 Å². The van der Waals surface area contributed by atoms with Gasteiger partial charge in [-0.25, -0.2) is 9.78 Å². The number of amides is 2. The minimum Gasteiger partial charge on any atom is -0.339 e. The number of halogens is 1. The minimum atomic E-state index is -0.273. The number of carbonyl (C=O) groups excluding carboxylic acids is 1. The number of fused-ring (bicyclic) bond motifs is 6. The standard InChI is InChI=1S/C29H29ClN6O/c1-3-18(2)23-9-4-5-10-26(23)35-29(37)34-25-14-13-22-16-20(25)12-11-19-7-6-8-21(15-19)33-28-31-17-24(30)27(32-22)36-28/h4-10,13-18H,3,11-12H2,1-2H3,(H2,34,35,37)(H2,31,32,33,36). The molecule has 1 aliphatic rings. The Kier molecular flexibility index (Phi) is 7.23. The van der Waals surface area contributed by atoms with Gasteiger partial charge in [0.1, 0.15) is 5.02 Å². The van der Waals surface area contributed by atoms with Gasteiger partial charge in [-0.3, -0.25) is 0 Å². The van der Waals surface area contributed by atoms with Crippen LogP contribution in [0.3, 0.4) is 0 Å². The monoisotopic (exact) mass is 512 g/mol. The lowest BCUT2D eigenvalue weighted by atomic mass is 9.97. The van der Waals surface area contributed by atoms with Crippen LogP contribution in [0.2, 0.25) is 5.02 Å². The fraction of sp³-hybridized carbons (Fsp3) is 0.207. The Morgan fingerprint density at radius 3 is 2.65 bits per heavy atom. The van der Waals surface area contributed by atoms with Gasteiger partial charge < -0.3 is 21.3 Å². The van der Waals surface area contributed by atoms with Crippen molar-refractivity contribution in [2.45, 2.75) is 39.0 Å². The van der Waals surface area contributed by atoms with Gasteiger partial charge in [-0.2, -0.15) is 4.98 Å². The molecule has 1 atom stereocenters. The third-order valence-corrected chi connectivity index (χ3v) is 6.86. The molecule has 2 heterocycles. The van der Waals surface area contributed by atoms with Gasteiger partial charge in [-0.15, -0.1) is 0 Å². The van der Waals surface area contributed by atoms with Crippen molar-refractivity contribution in [3.63, 3.8) is 0 Å². The van der Waals surface area contributed by atoms with E-state index < -0.39 is 0 Å². The number of hydrogen-bond acceptors (Lipinski definition) is 5. The van der Waals surface area contributed by atoms with Crippen LogP contribution in [0.4, 0.5) is 39.3 Å². The quantitative estimate of drug-likeness (QED) is 0.223. The zero-order chi connectivity index (χ0) is 25.8. The first-order valence-electron chi connectivity index (χ1n) is 12.4. The average Bonchev–Trinajstić information content (AvgIpc) is 2.90. The summed E-state index contributed by atoms with van der Waals surface area (Å²) in [5.74, 6) is 1.30. The van der Waals surface area contributed by atoms with Gasteiger partial charge in [0, 0.05) is 22.7 Å². The number of aryl methyl sites for hydroxylation is 2. The Hall–Kier alpha value is -4.10. The van der Waals surface area contributed by atoms with Crippen LogP contribution in [0.1, 0.15) is 42.9 Å². The zero-order valence-electron chi connectivity index (χ0n) is 20.8. The van der Waals surface area contributed by atoms with Gasteiger partial charge >= 0.3 is 6.03 Å². The van der Waals surface area contributed by atoms with Crippen molar-refractivity contribution in [2.75, 3.05) is 21.3 Å². The molecule has 3 aromatic carbocycles. The smallest absolute Gasteiger partial charge is 0.323 e. The number of hydrogen-bond donors (Lipinski definition) is 4. The van der Waals surface area contributed by atoms with E-state index in [1.165, 1.54) is 0 Å². The molecule has 1 aromatic heterocycles. The van der Waals surface area contributed by atoms with E-state index in [-0.39, 0.29) is 6.03 Å². The van der Waals surface area contributed by atoms with Crippen molar-refractivity contribution in [2.24, 2.45) is 0 Å². The maximum Gasteiger partial charge on any atom is 0.323 e. The van der Waals surface area contributed by atoms with Crippen LogP contribution >= 0.6 is 11.6 Å². The molecule has 0 spiro atoms. The van der Waals surface area contributed by atoms with Crippen molar-refractivity contribution < 1.29 is 4.79 Å². The molecule has 0 fully saturated rings. The molecule has 5 rings (SSSR count). The van der Waals surface area contributed by atoms with Gasteiger partial charge in [0.05, 0.1) is 6.20 Å². The molecule has 4 aromatic rings. The molecule has 37 heavy (non-hydrogen) atoms. The van der Waals surface area contributed by atoms with E-state index >= 15 is 0 Å².